The van der Waals surface area contributed by atoms with E-state index in [0.717, 1.165) is 49.0 Å². The first-order valence-electron chi connectivity index (χ1n) is 2.65. The molecule has 0 saturated heterocycles. The standard InChI is InChI=1S/C4H9.CH2O3.K/c1-4(2)3;2-1(3)4;/h1-3H3;(H2,2,3,4);. The minimum Gasteiger partial charge on any atom is -0.450 e. The van der Waals surface area contributed by atoms with E-state index in [9.17, 15) is 0 Å². The predicted molar refractivity (Wildman–Crippen MR) is 36.1 cm³/mol. The van der Waals surface area contributed by atoms with E-state index in [-0.39, 0.29) is 0 Å². The van der Waals surface area contributed by atoms with Gasteiger partial charge in [-0.05, 0) is 0 Å². The molecular formula is C5H11KO3. The van der Waals surface area contributed by atoms with Crippen LogP contribution in [0.5, 0.6) is 0 Å². The molecule has 50 valence electrons. The second-order valence-electron chi connectivity index (χ2n) is 3.28. The number of carbonyl (C=O) groups is 1. The van der Waals surface area contributed by atoms with Crippen molar-refractivity contribution in [2.45, 2.75) is 20.3 Å². The van der Waals surface area contributed by atoms with E-state index in [0.29, 0.717) is -0.490 Å². The van der Waals surface area contributed by atoms with E-state index in [4.69, 9.17) is 15.0 Å². The van der Waals surface area contributed by atoms with Crippen LogP contribution in [0.15, 0.2) is 0 Å². The van der Waals surface area contributed by atoms with E-state index in [2.05, 4.69) is 20.8 Å². The summed E-state index contributed by atoms with van der Waals surface area (Å²) in [5, 5.41) is 13.9. The quantitative estimate of drug-likeness (QED) is 0.526. The minimum atomic E-state index is -1.83. The maximum atomic E-state index is 8.56. The Morgan fingerprint density at radius 2 is 1.33 bits per heavy atom. The van der Waals surface area contributed by atoms with Crippen LogP contribution in [-0.4, -0.2) is 65.3 Å². The molecule has 3 nitrogen and oxygen atoms in total. The second kappa shape index (κ2) is 5.67. The molecule has 0 aromatic rings. The molecule has 0 atom stereocenters. The topological polar surface area (TPSA) is 57.5 Å². The van der Waals surface area contributed by atoms with Crippen molar-refractivity contribution < 1.29 is 15.0 Å². The summed E-state index contributed by atoms with van der Waals surface area (Å²) in [5.74, 6) is 0. The van der Waals surface area contributed by atoms with Crippen LogP contribution in [0, 0.1) is 0 Å². The van der Waals surface area contributed by atoms with Crippen molar-refractivity contribution in [3.05, 3.63) is 0 Å². The molecule has 0 heterocycles. The van der Waals surface area contributed by atoms with Gasteiger partial charge in [0.15, 0.2) is 0 Å². The fourth-order valence-electron chi connectivity index (χ4n) is 0. The van der Waals surface area contributed by atoms with E-state index in [1.54, 1.807) is 0 Å². The molecule has 0 aliphatic carbocycles. The van der Waals surface area contributed by atoms with Gasteiger partial charge in [-0.2, -0.15) is 0 Å². The Morgan fingerprint density at radius 3 is 1.33 bits per heavy atom. The minimum absolute atomic E-state index is 0.688. The zero-order chi connectivity index (χ0) is 8.08. The molecule has 0 radical (unpaired) electrons. The van der Waals surface area contributed by atoms with Crippen LogP contribution in [0.2, 0.25) is -0.490 Å². The van der Waals surface area contributed by atoms with Gasteiger partial charge in [0.05, 0.1) is 0 Å². The first-order valence-corrected chi connectivity index (χ1v) is 4.21. The molecule has 0 amide bonds. The normalized spacial score (nSPS) is 9.44. The Kier molecular flexibility index (Phi) is 7.92. The van der Waals surface area contributed by atoms with E-state index in [1.807, 2.05) is 0 Å². The number of carboxylic acid groups (broad SMARTS) is 2. The summed E-state index contributed by atoms with van der Waals surface area (Å²) in [7, 11) is 0. The van der Waals surface area contributed by atoms with Crippen molar-refractivity contribution in [2.24, 2.45) is 0 Å². The SMILES string of the molecule is C[C](C)(C)[K].O=C(O)O. The van der Waals surface area contributed by atoms with E-state index < -0.39 is 6.16 Å². The molecule has 0 aromatic heterocycles. The summed E-state index contributed by atoms with van der Waals surface area (Å²) in [6.07, 6.45) is -1.83. The maximum Gasteiger partial charge on any atom is 0.503 e. The molecule has 0 bridgehead atoms. The van der Waals surface area contributed by atoms with Gasteiger partial charge in [-0.3, -0.25) is 0 Å². The average molecular weight is 158 g/mol. The summed E-state index contributed by atoms with van der Waals surface area (Å²) in [4.78, 5) is 8.56. The van der Waals surface area contributed by atoms with Crippen molar-refractivity contribution in [1.29, 1.82) is 0 Å². The third-order valence-electron chi connectivity index (χ3n) is 0. The van der Waals surface area contributed by atoms with Gasteiger partial charge in [0.2, 0.25) is 0 Å². The number of hydrogen-bond acceptors (Lipinski definition) is 1. The van der Waals surface area contributed by atoms with Gasteiger partial charge in [-0.1, -0.05) is 0 Å². The molecule has 0 fully saturated rings. The van der Waals surface area contributed by atoms with Crippen molar-refractivity contribution >= 4 is 55.1 Å². The van der Waals surface area contributed by atoms with Crippen LogP contribution >= 0.6 is 0 Å². The van der Waals surface area contributed by atoms with Crippen LogP contribution < -0.4 is 0 Å². The van der Waals surface area contributed by atoms with Crippen molar-refractivity contribution in [2.75, 3.05) is 0 Å². The van der Waals surface area contributed by atoms with Crippen LogP contribution in [0.4, 0.5) is 4.79 Å². The third-order valence-corrected chi connectivity index (χ3v) is 0. The van der Waals surface area contributed by atoms with Gasteiger partial charge in [0.25, 0.3) is 0 Å². The Bertz CT molecular complexity index is 74.7. The molecule has 0 unspecified atom stereocenters. The summed E-state index contributed by atoms with van der Waals surface area (Å²) in [6, 6.07) is 0. The Morgan fingerprint density at radius 1 is 1.33 bits per heavy atom. The fourth-order valence-corrected chi connectivity index (χ4v) is 0. The fraction of sp³-hybridized carbons (Fsp3) is 0.800. The Labute approximate surface area is 89.0 Å². The van der Waals surface area contributed by atoms with Crippen LogP contribution in [0.3, 0.4) is 0 Å². The summed E-state index contributed by atoms with van der Waals surface area (Å²) in [6.45, 7) is 6.81. The first-order chi connectivity index (χ1) is 3.73. The van der Waals surface area contributed by atoms with Gasteiger partial charge in [-0.15, -0.1) is 0 Å². The molecule has 0 saturated carbocycles. The maximum absolute atomic E-state index is 8.56. The predicted octanol–water partition coefficient (Wildman–Crippen LogP) is 1.60. The first kappa shape index (κ1) is 12.6. The Balaban J connectivity index is 0. The zero-order valence-corrected chi connectivity index (χ0v) is 9.43. The largest absolute Gasteiger partial charge is 0.503 e. The molecule has 4 heteroatoms. The number of rotatable bonds is 0. The molecule has 0 aliphatic rings. The third kappa shape index (κ3) is 517. The molecule has 0 spiro atoms. The van der Waals surface area contributed by atoms with Gasteiger partial charge < -0.3 is 10.2 Å². The average Bonchev–Trinajstić information content (AvgIpc) is 1.19. The van der Waals surface area contributed by atoms with Crippen molar-refractivity contribution in [1.82, 2.24) is 0 Å². The van der Waals surface area contributed by atoms with E-state index >= 15 is 0 Å². The summed E-state index contributed by atoms with van der Waals surface area (Å²) >= 11 is 1.00. The van der Waals surface area contributed by atoms with Crippen LogP contribution in [0.25, 0.3) is 0 Å². The van der Waals surface area contributed by atoms with Gasteiger partial charge >= 0.3 is 75.4 Å². The van der Waals surface area contributed by atoms with E-state index in [1.165, 1.54) is 0 Å². The summed E-state index contributed by atoms with van der Waals surface area (Å²) < 4.78 is 0.688. The zero-order valence-electron chi connectivity index (χ0n) is 6.30. The molecule has 2 N–H and O–H groups in total. The smallest absolute Gasteiger partial charge is 0.450 e. The van der Waals surface area contributed by atoms with Crippen molar-refractivity contribution in [3.63, 3.8) is 0 Å². The second-order valence-corrected chi connectivity index (χ2v) is 7.97. The molecule has 0 aliphatic heterocycles. The van der Waals surface area contributed by atoms with Crippen LogP contribution in [-0.2, 0) is 0 Å². The molecular weight excluding hydrogens is 147 g/mol. The van der Waals surface area contributed by atoms with Crippen molar-refractivity contribution in [3.8, 4) is 0 Å². The molecule has 9 heavy (non-hydrogen) atoms. The molecule has 0 aromatic carbocycles. The number of hydrogen-bond donors (Lipinski definition) is 2. The Hall–Kier alpha value is 0.906. The monoisotopic (exact) mass is 158 g/mol. The van der Waals surface area contributed by atoms with Gasteiger partial charge in [0.1, 0.15) is 0 Å². The molecule has 0 rings (SSSR count). The van der Waals surface area contributed by atoms with Gasteiger partial charge in [-0.25, -0.2) is 4.79 Å². The van der Waals surface area contributed by atoms with Gasteiger partial charge in [0, 0.05) is 0 Å². The van der Waals surface area contributed by atoms with Crippen LogP contribution in [0.1, 0.15) is 20.8 Å². The summed E-state index contributed by atoms with van der Waals surface area (Å²) in [5.41, 5.74) is 0.